The molecule has 0 fully saturated rings. The van der Waals surface area contributed by atoms with E-state index in [9.17, 15) is 5.11 Å². The van der Waals surface area contributed by atoms with Crippen molar-refractivity contribution >= 4 is 0 Å². The van der Waals surface area contributed by atoms with Gasteiger partial charge in [0.15, 0.2) is 0 Å². The lowest BCUT2D eigenvalue weighted by Crippen LogP contribution is -2.23. The number of rotatable bonds is 21. The molecule has 0 aliphatic heterocycles. The maximum atomic E-state index is 10.5. The zero-order valence-electron chi connectivity index (χ0n) is 18.8. The van der Waals surface area contributed by atoms with Crippen LogP contribution in [0, 0.1) is 0 Å². The van der Waals surface area contributed by atoms with Gasteiger partial charge in [-0.25, -0.2) is 0 Å². The van der Waals surface area contributed by atoms with Gasteiger partial charge in [0, 0.05) is 0 Å². The van der Waals surface area contributed by atoms with Gasteiger partial charge in [-0.2, -0.15) is 0 Å². The van der Waals surface area contributed by atoms with Gasteiger partial charge in [-0.3, -0.25) is 0 Å². The lowest BCUT2D eigenvalue weighted by molar-refractivity contribution is 0.0366. The quantitative estimate of drug-likeness (QED) is 0.200. The molecule has 1 heteroatoms. The molecule has 0 saturated carbocycles. The molecule has 0 aromatic heterocycles. The van der Waals surface area contributed by atoms with Crippen LogP contribution in [0.4, 0.5) is 0 Å². The smallest absolute Gasteiger partial charge is 0.0619 e. The van der Waals surface area contributed by atoms with E-state index in [1.165, 1.54) is 122 Å². The van der Waals surface area contributed by atoms with Crippen molar-refractivity contribution in [2.75, 3.05) is 0 Å². The first kappa shape index (κ1) is 26.0. The largest absolute Gasteiger partial charge is 0.390 e. The van der Waals surface area contributed by atoms with E-state index in [1.807, 2.05) is 0 Å². The van der Waals surface area contributed by atoms with E-state index >= 15 is 0 Å². The fourth-order valence-electron chi connectivity index (χ4n) is 3.93. The second-order valence-corrected chi connectivity index (χ2v) is 9.01. The molecule has 26 heavy (non-hydrogen) atoms. The van der Waals surface area contributed by atoms with Crippen LogP contribution in [0.2, 0.25) is 0 Å². The van der Waals surface area contributed by atoms with Crippen LogP contribution in [0.25, 0.3) is 0 Å². The van der Waals surface area contributed by atoms with Gasteiger partial charge in [-0.05, 0) is 19.8 Å². The molecule has 0 aromatic rings. The second-order valence-electron chi connectivity index (χ2n) is 9.01. The fraction of sp³-hybridized carbons (Fsp3) is 1.00. The summed E-state index contributed by atoms with van der Waals surface area (Å²) in [6.07, 6.45) is 28.0. The molecule has 0 amide bonds. The first-order valence-corrected chi connectivity index (χ1v) is 12.3. The normalized spacial score (nSPS) is 13.8. The van der Waals surface area contributed by atoms with E-state index in [1.54, 1.807) is 0 Å². The standard InChI is InChI=1S/C25H52O/c1-4-6-8-10-12-13-14-15-16-18-20-22-24-25(3,26)23-21-19-17-11-9-7-5-2/h26H,4-24H2,1-3H3. The molecule has 0 heterocycles. The maximum absolute atomic E-state index is 10.5. The Morgan fingerprint density at radius 2 is 0.654 bits per heavy atom. The van der Waals surface area contributed by atoms with Crippen molar-refractivity contribution in [2.24, 2.45) is 0 Å². The van der Waals surface area contributed by atoms with E-state index in [-0.39, 0.29) is 0 Å². The van der Waals surface area contributed by atoms with Gasteiger partial charge in [0.05, 0.1) is 5.60 Å². The summed E-state index contributed by atoms with van der Waals surface area (Å²) in [5, 5.41) is 10.5. The lowest BCUT2D eigenvalue weighted by Gasteiger charge is -2.23. The highest BCUT2D eigenvalue weighted by molar-refractivity contribution is 4.72. The molecular formula is C25H52O. The highest BCUT2D eigenvalue weighted by atomic mass is 16.3. The Labute approximate surface area is 166 Å². The SMILES string of the molecule is CCCCCCCCCCCCCCC(C)(O)CCCCCCCCC. The third-order valence-electron chi connectivity index (χ3n) is 5.89. The molecule has 0 bridgehead atoms. The fourth-order valence-corrected chi connectivity index (χ4v) is 3.93. The summed E-state index contributed by atoms with van der Waals surface area (Å²) in [4.78, 5) is 0. The number of hydrogen-bond donors (Lipinski definition) is 1. The van der Waals surface area contributed by atoms with E-state index in [0.29, 0.717) is 0 Å². The monoisotopic (exact) mass is 368 g/mol. The van der Waals surface area contributed by atoms with Crippen molar-refractivity contribution in [3.63, 3.8) is 0 Å². The highest BCUT2D eigenvalue weighted by Gasteiger charge is 2.18. The van der Waals surface area contributed by atoms with Crippen molar-refractivity contribution in [3.05, 3.63) is 0 Å². The highest BCUT2D eigenvalue weighted by Crippen LogP contribution is 2.23. The minimum Gasteiger partial charge on any atom is -0.390 e. The van der Waals surface area contributed by atoms with Gasteiger partial charge in [0.25, 0.3) is 0 Å². The van der Waals surface area contributed by atoms with Crippen molar-refractivity contribution in [1.29, 1.82) is 0 Å². The molecule has 0 aliphatic rings. The molecule has 0 aromatic carbocycles. The van der Waals surface area contributed by atoms with Crippen molar-refractivity contribution in [2.45, 2.75) is 161 Å². The number of unbranched alkanes of at least 4 members (excludes halogenated alkanes) is 17. The predicted molar refractivity (Wildman–Crippen MR) is 119 cm³/mol. The summed E-state index contributed by atoms with van der Waals surface area (Å²) in [5.41, 5.74) is -0.415. The Hall–Kier alpha value is -0.0400. The molecule has 1 atom stereocenters. The zero-order chi connectivity index (χ0) is 19.3. The molecule has 0 saturated heterocycles. The van der Waals surface area contributed by atoms with Crippen LogP contribution in [0.3, 0.4) is 0 Å². The van der Waals surface area contributed by atoms with E-state index < -0.39 is 5.60 Å². The van der Waals surface area contributed by atoms with Gasteiger partial charge in [0.2, 0.25) is 0 Å². The topological polar surface area (TPSA) is 20.2 Å². The molecule has 0 spiro atoms. The van der Waals surface area contributed by atoms with Gasteiger partial charge < -0.3 is 5.11 Å². The molecule has 1 nitrogen and oxygen atoms in total. The van der Waals surface area contributed by atoms with Crippen LogP contribution >= 0.6 is 0 Å². The molecule has 1 N–H and O–H groups in total. The first-order valence-electron chi connectivity index (χ1n) is 12.3. The third kappa shape index (κ3) is 20.3. The van der Waals surface area contributed by atoms with E-state index in [2.05, 4.69) is 20.8 Å². The molecule has 0 aliphatic carbocycles. The maximum Gasteiger partial charge on any atom is 0.0619 e. The minimum absolute atomic E-state index is 0.415. The van der Waals surface area contributed by atoms with Crippen molar-refractivity contribution in [3.8, 4) is 0 Å². The molecular weight excluding hydrogens is 316 g/mol. The van der Waals surface area contributed by atoms with Crippen LogP contribution in [0.5, 0.6) is 0 Å². The van der Waals surface area contributed by atoms with Crippen LogP contribution in [-0.2, 0) is 0 Å². The van der Waals surface area contributed by atoms with Crippen molar-refractivity contribution < 1.29 is 5.11 Å². The van der Waals surface area contributed by atoms with Crippen molar-refractivity contribution in [1.82, 2.24) is 0 Å². The first-order chi connectivity index (χ1) is 12.6. The summed E-state index contributed by atoms with van der Waals surface area (Å²) in [7, 11) is 0. The van der Waals surface area contributed by atoms with Gasteiger partial charge in [-0.1, -0.05) is 136 Å². The molecule has 0 radical (unpaired) electrons. The summed E-state index contributed by atoms with van der Waals surface area (Å²) in [6.45, 7) is 6.62. The average Bonchev–Trinajstić information content (AvgIpc) is 2.62. The molecule has 1 unspecified atom stereocenters. The van der Waals surface area contributed by atoms with E-state index in [4.69, 9.17) is 0 Å². The summed E-state index contributed by atoms with van der Waals surface area (Å²) >= 11 is 0. The summed E-state index contributed by atoms with van der Waals surface area (Å²) < 4.78 is 0. The number of hydrogen-bond acceptors (Lipinski definition) is 1. The Morgan fingerprint density at radius 1 is 0.423 bits per heavy atom. The number of aliphatic hydroxyl groups is 1. The second kappa shape index (κ2) is 19.7. The van der Waals surface area contributed by atoms with Crippen LogP contribution in [0.15, 0.2) is 0 Å². The third-order valence-corrected chi connectivity index (χ3v) is 5.89. The summed E-state index contributed by atoms with van der Waals surface area (Å²) in [5.74, 6) is 0. The summed E-state index contributed by atoms with van der Waals surface area (Å²) in [6, 6.07) is 0. The molecule has 0 rings (SSSR count). The van der Waals surface area contributed by atoms with Crippen LogP contribution in [0.1, 0.15) is 156 Å². The minimum atomic E-state index is -0.415. The Balaban J connectivity index is 3.29. The Morgan fingerprint density at radius 3 is 0.923 bits per heavy atom. The van der Waals surface area contributed by atoms with Gasteiger partial charge in [-0.15, -0.1) is 0 Å². The Kier molecular flexibility index (Phi) is 19.7. The average molecular weight is 369 g/mol. The zero-order valence-corrected chi connectivity index (χ0v) is 18.8. The van der Waals surface area contributed by atoms with Crippen LogP contribution in [-0.4, -0.2) is 10.7 Å². The van der Waals surface area contributed by atoms with Gasteiger partial charge in [0.1, 0.15) is 0 Å². The van der Waals surface area contributed by atoms with E-state index in [0.717, 1.165) is 12.8 Å². The van der Waals surface area contributed by atoms with Gasteiger partial charge >= 0.3 is 0 Å². The van der Waals surface area contributed by atoms with Crippen LogP contribution < -0.4 is 0 Å². The molecule has 158 valence electrons. The lowest BCUT2D eigenvalue weighted by atomic mass is 9.91. The Bertz CT molecular complexity index is 259. The predicted octanol–water partition coefficient (Wildman–Crippen LogP) is 8.97.